The number of aryl methyl sites for hydroxylation is 1. The molecule has 0 aliphatic carbocycles. The Hall–Kier alpha value is -2.90. The van der Waals surface area contributed by atoms with Gasteiger partial charge in [0.1, 0.15) is 6.54 Å². The average Bonchev–Trinajstić information content (AvgIpc) is 2.40. The van der Waals surface area contributed by atoms with Gasteiger partial charge in [0.2, 0.25) is 11.8 Å². The van der Waals surface area contributed by atoms with E-state index in [-0.39, 0.29) is 24.4 Å². The zero-order chi connectivity index (χ0) is 15.6. The molecular formula is C13H13N3O5. The highest BCUT2D eigenvalue weighted by Gasteiger charge is 2.26. The van der Waals surface area contributed by atoms with Gasteiger partial charge >= 0.3 is 12.0 Å². The SMILES string of the molecule is NC(=O)NC(=O)CN1C(=O)CCc2cc(C(=O)O)ccc21. The van der Waals surface area contributed by atoms with Crippen molar-refractivity contribution in [2.24, 2.45) is 5.73 Å². The minimum Gasteiger partial charge on any atom is -0.478 e. The van der Waals surface area contributed by atoms with Gasteiger partial charge in [-0.25, -0.2) is 9.59 Å². The van der Waals surface area contributed by atoms with Crippen LogP contribution in [0.5, 0.6) is 0 Å². The van der Waals surface area contributed by atoms with Crippen LogP contribution < -0.4 is 16.0 Å². The first kappa shape index (κ1) is 14.5. The Labute approximate surface area is 119 Å². The number of aromatic carboxylic acids is 1. The second-order valence-electron chi connectivity index (χ2n) is 4.54. The predicted molar refractivity (Wildman–Crippen MR) is 71.8 cm³/mol. The van der Waals surface area contributed by atoms with E-state index in [1.165, 1.54) is 23.1 Å². The fourth-order valence-corrected chi connectivity index (χ4v) is 2.19. The molecule has 0 radical (unpaired) electrons. The molecule has 1 aliphatic rings. The van der Waals surface area contributed by atoms with Gasteiger partial charge in [0.25, 0.3) is 0 Å². The molecule has 1 aliphatic heterocycles. The van der Waals surface area contributed by atoms with E-state index in [1.807, 2.05) is 5.32 Å². The number of hydrogen-bond donors (Lipinski definition) is 3. The molecule has 8 heteroatoms. The summed E-state index contributed by atoms with van der Waals surface area (Å²) >= 11 is 0. The number of nitrogens with one attached hydrogen (secondary N) is 1. The van der Waals surface area contributed by atoms with Crippen molar-refractivity contribution in [2.45, 2.75) is 12.8 Å². The van der Waals surface area contributed by atoms with Crippen molar-refractivity contribution in [1.29, 1.82) is 0 Å². The number of rotatable bonds is 3. The lowest BCUT2D eigenvalue weighted by molar-refractivity contribution is -0.123. The highest BCUT2D eigenvalue weighted by Crippen LogP contribution is 2.28. The molecule has 110 valence electrons. The van der Waals surface area contributed by atoms with Crippen molar-refractivity contribution < 1.29 is 24.3 Å². The van der Waals surface area contributed by atoms with Gasteiger partial charge in [0.05, 0.1) is 5.56 Å². The highest BCUT2D eigenvalue weighted by molar-refractivity contribution is 6.04. The summed E-state index contributed by atoms with van der Waals surface area (Å²) in [5.41, 5.74) is 6.09. The van der Waals surface area contributed by atoms with Crippen LogP contribution >= 0.6 is 0 Å². The van der Waals surface area contributed by atoms with Gasteiger partial charge in [-0.1, -0.05) is 0 Å². The third-order valence-electron chi connectivity index (χ3n) is 3.09. The Balaban J connectivity index is 2.28. The molecule has 8 nitrogen and oxygen atoms in total. The summed E-state index contributed by atoms with van der Waals surface area (Å²) in [7, 11) is 0. The van der Waals surface area contributed by atoms with Crippen molar-refractivity contribution in [3.63, 3.8) is 0 Å². The van der Waals surface area contributed by atoms with E-state index in [4.69, 9.17) is 10.8 Å². The van der Waals surface area contributed by atoms with Gasteiger partial charge < -0.3 is 15.7 Å². The number of benzene rings is 1. The van der Waals surface area contributed by atoms with Crippen LogP contribution in [0, 0.1) is 0 Å². The summed E-state index contributed by atoms with van der Waals surface area (Å²) < 4.78 is 0. The Morgan fingerprint density at radius 3 is 2.62 bits per heavy atom. The number of carboxylic acid groups (broad SMARTS) is 1. The number of primary amides is 1. The second kappa shape index (κ2) is 5.61. The van der Waals surface area contributed by atoms with Gasteiger partial charge in [-0.2, -0.15) is 0 Å². The van der Waals surface area contributed by atoms with Crippen LogP contribution in [0.2, 0.25) is 0 Å². The average molecular weight is 291 g/mol. The van der Waals surface area contributed by atoms with Crippen LogP contribution in [0.3, 0.4) is 0 Å². The number of nitrogens with two attached hydrogens (primary N) is 1. The third-order valence-corrected chi connectivity index (χ3v) is 3.09. The number of carboxylic acids is 1. The molecule has 1 aromatic rings. The molecule has 1 heterocycles. The lowest BCUT2D eigenvalue weighted by Crippen LogP contribution is -2.46. The molecular weight excluding hydrogens is 278 g/mol. The fourth-order valence-electron chi connectivity index (χ4n) is 2.19. The normalized spacial score (nSPS) is 13.5. The number of fused-ring (bicyclic) bond motifs is 1. The maximum Gasteiger partial charge on any atom is 0.335 e. The van der Waals surface area contributed by atoms with E-state index in [1.54, 1.807) is 0 Å². The summed E-state index contributed by atoms with van der Waals surface area (Å²) in [6, 6.07) is 3.32. The number of nitrogens with zero attached hydrogens (tertiary/aromatic N) is 1. The number of amides is 4. The summed E-state index contributed by atoms with van der Waals surface area (Å²) in [5.74, 6) is -2.04. The predicted octanol–water partition coefficient (Wildman–Crippen LogP) is -0.141. The van der Waals surface area contributed by atoms with E-state index in [9.17, 15) is 19.2 Å². The summed E-state index contributed by atoms with van der Waals surface area (Å²) in [6.45, 7) is -0.346. The number of carbonyl (C=O) groups excluding carboxylic acids is 3. The van der Waals surface area contributed by atoms with Crippen LogP contribution in [-0.4, -0.2) is 35.5 Å². The molecule has 0 bridgehead atoms. The minimum absolute atomic E-state index is 0.115. The van der Waals surface area contributed by atoms with Crippen molar-refractivity contribution >= 4 is 29.5 Å². The zero-order valence-electron chi connectivity index (χ0n) is 11.0. The first-order valence-electron chi connectivity index (χ1n) is 6.14. The molecule has 0 saturated heterocycles. The Morgan fingerprint density at radius 1 is 1.29 bits per heavy atom. The molecule has 1 aromatic carbocycles. The Bertz CT molecular complexity index is 641. The minimum atomic E-state index is -1.06. The number of anilines is 1. The van der Waals surface area contributed by atoms with Crippen LogP contribution in [-0.2, 0) is 16.0 Å². The molecule has 0 spiro atoms. The van der Waals surface area contributed by atoms with E-state index in [0.29, 0.717) is 17.7 Å². The topological polar surface area (TPSA) is 130 Å². The molecule has 0 fully saturated rings. The second-order valence-corrected chi connectivity index (χ2v) is 4.54. The Morgan fingerprint density at radius 2 is 2.00 bits per heavy atom. The molecule has 21 heavy (non-hydrogen) atoms. The van der Waals surface area contributed by atoms with Crippen LogP contribution in [0.1, 0.15) is 22.3 Å². The molecule has 2 rings (SSSR count). The fraction of sp³-hybridized carbons (Fsp3) is 0.231. The van der Waals surface area contributed by atoms with E-state index >= 15 is 0 Å². The van der Waals surface area contributed by atoms with Gasteiger partial charge in [-0.3, -0.25) is 14.9 Å². The van der Waals surface area contributed by atoms with Gasteiger partial charge in [-0.15, -0.1) is 0 Å². The molecule has 4 amide bonds. The molecule has 4 N–H and O–H groups in total. The zero-order valence-corrected chi connectivity index (χ0v) is 11.0. The summed E-state index contributed by atoms with van der Waals surface area (Å²) in [4.78, 5) is 46.2. The van der Waals surface area contributed by atoms with Crippen molar-refractivity contribution in [3.8, 4) is 0 Å². The van der Waals surface area contributed by atoms with Crippen LogP contribution in [0.25, 0.3) is 0 Å². The number of hydrogen-bond acceptors (Lipinski definition) is 4. The standard InChI is InChI=1S/C13H13N3O5/c14-13(21)15-10(17)6-16-9-3-1-8(12(19)20)5-7(9)2-4-11(16)18/h1,3,5H,2,4,6H2,(H,19,20)(H3,14,15,17,21). The first-order chi connectivity index (χ1) is 9.88. The first-order valence-corrected chi connectivity index (χ1v) is 6.14. The van der Waals surface area contributed by atoms with E-state index in [2.05, 4.69) is 0 Å². The van der Waals surface area contributed by atoms with Gasteiger partial charge in [0, 0.05) is 12.1 Å². The van der Waals surface area contributed by atoms with Crippen LogP contribution in [0.15, 0.2) is 18.2 Å². The molecule has 0 aromatic heterocycles. The van der Waals surface area contributed by atoms with Crippen molar-refractivity contribution in [1.82, 2.24) is 5.32 Å². The number of carbonyl (C=O) groups is 4. The number of urea groups is 1. The number of imide groups is 1. The van der Waals surface area contributed by atoms with E-state index < -0.39 is 17.9 Å². The monoisotopic (exact) mass is 291 g/mol. The van der Waals surface area contributed by atoms with Crippen LogP contribution in [0.4, 0.5) is 10.5 Å². The lowest BCUT2D eigenvalue weighted by atomic mass is 9.98. The third kappa shape index (κ3) is 3.16. The highest BCUT2D eigenvalue weighted by atomic mass is 16.4. The summed E-state index contributed by atoms with van der Waals surface area (Å²) in [5, 5.41) is 10.8. The van der Waals surface area contributed by atoms with Crippen molar-refractivity contribution in [3.05, 3.63) is 29.3 Å². The maximum atomic E-state index is 11.9. The summed E-state index contributed by atoms with van der Waals surface area (Å²) in [6.07, 6.45) is 0.573. The van der Waals surface area contributed by atoms with Gasteiger partial charge in [-0.05, 0) is 30.2 Å². The van der Waals surface area contributed by atoms with E-state index in [0.717, 1.165) is 0 Å². The largest absolute Gasteiger partial charge is 0.478 e. The Kier molecular flexibility index (Phi) is 3.88. The maximum absolute atomic E-state index is 11.9. The van der Waals surface area contributed by atoms with Gasteiger partial charge in [0.15, 0.2) is 0 Å². The lowest BCUT2D eigenvalue weighted by Gasteiger charge is -2.28. The molecule has 0 atom stereocenters. The quantitative estimate of drug-likeness (QED) is 0.713. The molecule has 0 saturated carbocycles. The molecule has 0 unspecified atom stereocenters. The van der Waals surface area contributed by atoms with Crippen molar-refractivity contribution in [2.75, 3.05) is 11.4 Å². The smallest absolute Gasteiger partial charge is 0.335 e.